The van der Waals surface area contributed by atoms with Gasteiger partial charge in [-0.2, -0.15) is 13.8 Å². The van der Waals surface area contributed by atoms with Gasteiger partial charge in [-0.15, -0.1) is 5.10 Å². The Labute approximate surface area is 214 Å². The molecule has 0 radical (unpaired) electrons. The SMILES string of the molecule is C=CC(=O)Nc1cccc(Oc2cccc3nc(Nc4ccc(S(=O)(=O)N5CCCCC5)cc4)nn23)c1. The van der Waals surface area contributed by atoms with Crippen LogP contribution in [0.3, 0.4) is 0 Å². The van der Waals surface area contributed by atoms with Crippen LogP contribution in [0.15, 0.2) is 84.3 Å². The number of hydrogen-bond acceptors (Lipinski definition) is 7. The van der Waals surface area contributed by atoms with Crippen molar-refractivity contribution in [1.29, 1.82) is 0 Å². The first-order valence-corrected chi connectivity index (χ1v) is 13.3. The maximum absolute atomic E-state index is 12.9. The smallest absolute Gasteiger partial charge is 0.247 e. The Kier molecular flexibility index (Phi) is 6.89. The molecule has 11 heteroatoms. The number of fused-ring (bicyclic) bond motifs is 1. The van der Waals surface area contributed by atoms with Crippen molar-refractivity contribution in [1.82, 2.24) is 18.9 Å². The third-order valence-corrected chi connectivity index (χ3v) is 7.81. The molecule has 1 amide bonds. The van der Waals surface area contributed by atoms with Gasteiger partial charge in [-0.1, -0.05) is 25.1 Å². The lowest BCUT2D eigenvalue weighted by molar-refractivity contribution is -0.111. The molecule has 2 aromatic heterocycles. The molecule has 2 N–H and O–H groups in total. The van der Waals surface area contributed by atoms with E-state index in [0.717, 1.165) is 19.3 Å². The van der Waals surface area contributed by atoms with Crippen LogP contribution in [0.2, 0.25) is 0 Å². The second kappa shape index (κ2) is 10.4. The molecule has 190 valence electrons. The van der Waals surface area contributed by atoms with Gasteiger partial charge in [0.05, 0.1) is 4.90 Å². The van der Waals surface area contributed by atoms with E-state index in [1.165, 1.54) is 6.08 Å². The highest BCUT2D eigenvalue weighted by molar-refractivity contribution is 7.89. The number of carbonyl (C=O) groups is 1. The van der Waals surface area contributed by atoms with Crippen molar-refractivity contribution < 1.29 is 17.9 Å². The fraction of sp³-hybridized carbons (Fsp3) is 0.192. The van der Waals surface area contributed by atoms with Gasteiger partial charge in [0, 0.05) is 36.6 Å². The number of sulfonamides is 1. The summed E-state index contributed by atoms with van der Waals surface area (Å²) in [5.41, 5.74) is 1.78. The number of amides is 1. The molecule has 3 heterocycles. The van der Waals surface area contributed by atoms with Crippen molar-refractivity contribution in [2.24, 2.45) is 0 Å². The predicted molar refractivity (Wildman–Crippen MR) is 141 cm³/mol. The van der Waals surface area contributed by atoms with Gasteiger partial charge in [-0.05, 0) is 61.4 Å². The van der Waals surface area contributed by atoms with Crippen LogP contribution in [0, 0.1) is 0 Å². The summed E-state index contributed by atoms with van der Waals surface area (Å²) in [5.74, 6) is 0.941. The van der Waals surface area contributed by atoms with Gasteiger partial charge in [-0.3, -0.25) is 4.79 Å². The van der Waals surface area contributed by atoms with Crippen LogP contribution in [0.1, 0.15) is 19.3 Å². The van der Waals surface area contributed by atoms with E-state index in [1.54, 1.807) is 75.6 Å². The molecule has 1 saturated heterocycles. The molecule has 0 bridgehead atoms. The molecule has 2 aromatic carbocycles. The number of benzene rings is 2. The summed E-state index contributed by atoms with van der Waals surface area (Å²) in [5, 5.41) is 10.3. The molecule has 0 aliphatic carbocycles. The average molecular weight is 519 g/mol. The van der Waals surface area contributed by atoms with E-state index in [9.17, 15) is 13.2 Å². The topological polar surface area (TPSA) is 118 Å². The van der Waals surface area contributed by atoms with E-state index in [-0.39, 0.29) is 10.8 Å². The number of anilines is 3. The zero-order valence-electron chi connectivity index (χ0n) is 20.0. The number of nitrogens with one attached hydrogen (secondary N) is 2. The van der Waals surface area contributed by atoms with E-state index in [1.807, 2.05) is 0 Å². The average Bonchev–Trinajstić information content (AvgIpc) is 3.33. The molecule has 0 saturated carbocycles. The fourth-order valence-electron chi connectivity index (χ4n) is 4.06. The zero-order valence-corrected chi connectivity index (χ0v) is 20.8. The molecular weight excluding hydrogens is 492 g/mol. The third-order valence-electron chi connectivity index (χ3n) is 5.90. The lowest BCUT2D eigenvalue weighted by atomic mass is 10.2. The van der Waals surface area contributed by atoms with Crippen molar-refractivity contribution in [3.8, 4) is 11.6 Å². The minimum Gasteiger partial charge on any atom is -0.439 e. The molecule has 4 aromatic rings. The van der Waals surface area contributed by atoms with Crippen LogP contribution in [0.25, 0.3) is 5.65 Å². The summed E-state index contributed by atoms with van der Waals surface area (Å²) < 4.78 is 34.9. The van der Waals surface area contributed by atoms with Gasteiger partial charge in [0.2, 0.25) is 27.8 Å². The van der Waals surface area contributed by atoms with Crippen molar-refractivity contribution in [2.75, 3.05) is 23.7 Å². The molecule has 0 spiro atoms. The Hall–Kier alpha value is -4.22. The molecule has 37 heavy (non-hydrogen) atoms. The first-order chi connectivity index (χ1) is 17.9. The second-order valence-electron chi connectivity index (χ2n) is 8.51. The molecule has 10 nitrogen and oxygen atoms in total. The minimum absolute atomic E-state index is 0.269. The van der Waals surface area contributed by atoms with E-state index in [2.05, 4.69) is 27.3 Å². The highest BCUT2D eigenvalue weighted by Crippen LogP contribution is 2.26. The maximum atomic E-state index is 12.9. The summed E-state index contributed by atoms with van der Waals surface area (Å²) in [7, 11) is -3.49. The van der Waals surface area contributed by atoms with Gasteiger partial charge in [-0.25, -0.2) is 8.42 Å². The number of ether oxygens (including phenoxy) is 1. The Bertz CT molecular complexity index is 1540. The third kappa shape index (κ3) is 5.47. The summed E-state index contributed by atoms with van der Waals surface area (Å²) in [6, 6.07) is 18.9. The predicted octanol–water partition coefficient (Wildman–Crippen LogP) is 4.56. The number of aromatic nitrogens is 3. The normalized spacial score (nSPS) is 14.3. The monoisotopic (exact) mass is 518 g/mol. The first kappa shape index (κ1) is 24.5. The minimum atomic E-state index is -3.49. The van der Waals surface area contributed by atoms with E-state index in [4.69, 9.17) is 4.74 Å². The van der Waals surface area contributed by atoms with E-state index >= 15 is 0 Å². The zero-order chi connectivity index (χ0) is 25.8. The van der Waals surface area contributed by atoms with Crippen LogP contribution in [-0.4, -0.2) is 46.3 Å². The number of carbonyl (C=O) groups excluding carboxylic acids is 1. The number of piperidine rings is 1. The number of rotatable bonds is 8. The summed E-state index contributed by atoms with van der Waals surface area (Å²) in [4.78, 5) is 16.3. The molecule has 1 aliphatic rings. The Morgan fingerprint density at radius 2 is 1.73 bits per heavy atom. The molecule has 5 rings (SSSR count). The lowest BCUT2D eigenvalue weighted by Gasteiger charge is -2.25. The summed E-state index contributed by atoms with van der Waals surface area (Å²) in [6.45, 7) is 4.57. The van der Waals surface area contributed by atoms with Crippen LogP contribution < -0.4 is 15.4 Å². The van der Waals surface area contributed by atoms with Crippen LogP contribution in [0.4, 0.5) is 17.3 Å². The van der Waals surface area contributed by atoms with Gasteiger partial charge < -0.3 is 15.4 Å². The highest BCUT2D eigenvalue weighted by Gasteiger charge is 2.25. The van der Waals surface area contributed by atoms with E-state index in [0.29, 0.717) is 47.7 Å². The Morgan fingerprint density at radius 1 is 0.973 bits per heavy atom. The molecular formula is C26H26N6O4S. The first-order valence-electron chi connectivity index (χ1n) is 11.9. The summed E-state index contributed by atoms with van der Waals surface area (Å²) >= 11 is 0. The molecule has 0 atom stereocenters. The number of pyridine rings is 1. The van der Waals surface area contributed by atoms with Crippen molar-refractivity contribution in [2.45, 2.75) is 24.2 Å². The summed E-state index contributed by atoms with van der Waals surface area (Å²) in [6.07, 6.45) is 4.04. The van der Waals surface area contributed by atoms with Gasteiger partial charge in [0.25, 0.3) is 0 Å². The van der Waals surface area contributed by atoms with Crippen LogP contribution >= 0.6 is 0 Å². The van der Waals surface area contributed by atoms with Crippen molar-refractivity contribution >= 4 is 38.9 Å². The van der Waals surface area contributed by atoms with Gasteiger partial charge in [0.15, 0.2) is 5.65 Å². The quantitative estimate of drug-likeness (QED) is 0.328. The maximum Gasteiger partial charge on any atom is 0.247 e. The van der Waals surface area contributed by atoms with Crippen LogP contribution in [0.5, 0.6) is 11.6 Å². The highest BCUT2D eigenvalue weighted by atomic mass is 32.2. The molecule has 1 fully saturated rings. The molecule has 0 unspecified atom stereocenters. The van der Waals surface area contributed by atoms with Crippen molar-refractivity contribution in [3.63, 3.8) is 0 Å². The largest absolute Gasteiger partial charge is 0.439 e. The Morgan fingerprint density at radius 3 is 2.49 bits per heavy atom. The van der Waals surface area contributed by atoms with Gasteiger partial charge >= 0.3 is 0 Å². The lowest BCUT2D eigenvalue weighted by Crippen LogP contribution is -2.35. The molecule has 1 aliphatic heterocycles. The van der Waals surface area contributed by atoms with Gasteiger partial charge in [0.1, 0.15) is 5.75 Å². The van der Waals surface area contributed by atoms with Crippen LogP contribution in [-0.2, 0) is 14.8 Å². The number of nitrogens with zero attached hydrogens (tertiary/aromatic N) is 4. The van der Waals surface area contributed by atoms with E-state index < -0.39 is 10.0 Å². The standard InChI is InChI=1S/C26H26N6O4S/c1-2-24(33)27-20-8-6-9-21(18-20)36-25-11-7-10-23-29-26(30-32(23)25)28-19-12-14-22(15-13-19)37(34,35)31-16-4-3-5-17-31/h2,6-15,18H,1,3-5,16-17H2,(H,27,33)(H,28,30). The Balaban J connectivity index is 1.32. The van der Waals surface area contributed by atoms with Crippen molar-refractivity contribution in [3.05, 3.63) is 79.4 Å². The second-order valence-corrected chi connectivity index (χ2v) is 10.4. The fourth-order valence-corrected chi connectivity index (χ4v) is 5.57. The number of hydrogen-bond donors (Lipinski definition) is 2.